The Balaban J connectivity index is 1.11. The number of fused-ring (bicyclic) bond motifs is 10. The largest absolute Gasteiger partial charge is 0.455 e. The first-order valence-electron chi connectivity index (χ1n) is 21.8. The Bertz CT molecular complexity index is 3630. The fourth-order valence-electron chi connectivity index (χ4n) is 10.8. The van der Waals surface area contributed by atoms with E-state index in [9.17, 15) is 0 Å². The summed E-state index contributed by atoms with van der Waals surface area (Å²) in [5.41, 5.74) is 14.5. The highest BCUT2D eigenvalue weighted by atomic mass is 16.3. The number of rotatable bonds is 6. The molecule has 0 saturated heterocycles. The van der Waals surface area contributed by atoms with Crippen LogP contribution in [0.2, 0.25) is 0 Å². The van der Waals surface area contributed by atoms with Gasteiger partial charge in [0.05, 0.1) is 16.5 Å². The van der Waals surface area contributed by atoms with Crippen molar-refractivity contribution in [1.29, 1.82) is 0 Å². The van der Waals surface area contributed by atoms with Crippen LogP contribution in [0.4, 0.5) is 17.1 Å². The summed E-state index contributed by atoms with van der Waals surface area (Å²) in [6.45, 7) is 0. The Hall–Kier alpha value is -8.20. The predicted octanol–water partition coefficient (Wildman–Crippen LogP) is 16.5. The Morgan fingerprint density at radius 2 is 0.889 bits per heavy atom. The van der Waals surface area contributed by atoms with E-state index in [4.69, 9.17) is 4.42 Å². The van der Waals surface area contributed by atoms with Crippen LogP contribution in [-0.2, 0) is 5.41 Å². The van der Waals surface area contributed by atoms with Gasteiger partial charge in [-0.3, -0.25) is 0 Å². The highest BCUT2D eigenvalue weighted by molar-refractivity contribution is 6.23. The minimum Gasteiger partial charge on any atom is -0.455 e. The molecular weight excluding hydrogens is 763 g/mol. The van der Waals surface area contributed by atoms with E-state index in [-0.39, 0.29) is 0 Å². The number of benzene rings is 11. The Morgan fingerprint density at radius 1 is 0.349 bits per heavy atom. The summed E-state index contributed by atoms with van der Waals surface area (Å²) in [6.07, 6.45) is 0. The highest BCUT2D eigenvalue weighted by Gasteiger charge is 2.46. The van der Waals surface area contributed by atoms with Gasteiger partial charge in [-0.05, 0) is 114 Å². The molecule has 0 bridgehead atoms. The van der Waals surface area contributed by atoms with E-state index in [1.807, 2.05) is 0 Å². The number of nitrogens with zero attached hydrogens (tertiary/aromatic N) is 1. The zero-order valence-electron chi connectivity index (χ0n) is 34.4. The van der Waals surface area contributed by atoms with Crippen molar-refractivity contribution < 1.29 is 4.42 Å². The van der Waals surface area contributed by atoms with Crippen LogP contribution in [0.15, 0.2) is 241 Å². The van der Waals surface area contributed by atoms with E-state index < -0.39 is 5.41 Å². The van der Waals surface area contributed by atoms with Crippen LogP contribution in [0.3, 0.4) is 0 Å². The molecule has 2 heteroatoms. The van der Waals surface area contributed by atoms with Gasteiger partial charge in [0.25, 0.3) is 0 Å². The quantitative estimate of drug-likeness (QED) is 0.167. The van der Waals surface area contributed by atoms with Crippen LogP contribution in [0, 0.1) is 0 Å². The van der Waals surface area contributed by atoms with Gasteiger partial charge in [-0.15, -0.1) is 0 Å². The standard InChI is InChI=1S/C61H39NO/c1-3-21-44(22-4-1)61(45-23-5-2-6-24-45)54-29-14-13-27-51(54)58-49(28-15-30-55(58)61)52-39-53-59-56(31-16-32-57(59)63-60(53)50-26-12-11-25-48(50)52)62(46-35-33-40-17-7-9-19-42(40)37-46)47-36-34-41-18-8-10-20-43(41)38-47/h1-39H. The maximum atomic E-state index is 7.03. The molecule has 0 fully saturated rings. The predicted molar refractivity (Wildman–Crippen MR) is 264 cm³/mol. The second-order valence-electron chi connectivity index (χ2n) is 16.8. The van der Waals surface area contributed by atoms with Crippen LogP contribution in [0.1, 0.15) is 22.3 Å². The zero-order chi connectivity index (χ0) is 41.5. The van der Waals surface area contributed by atoms with Crippen molar-refractivity contribution in [3.8, 4) is 22.3 Å². The lowest BCUT2D eigenvalue weighted by atomic mass is 9.67. The molecule has 13 rings (SSSR count). The van der Waals surface area contributed by atoms with Gasteiger partial charge in [-0.25, -0.2) is 0 Å². The molecule has 0 atom stereocenters. The molecule has 1 aliphatic carbocycles. The fourth-order valence-corrected chi connectivity index (χ4v) is 10.8. The maximum Gasteiger partial charge on any atom is 0.143 e. The topological polar surface area (TPSA) is 16.4 Å². The van der Waals surface area contributed by atoms with E-state index in [0.717, 1.165) is 49.8 Å². The van der Waals surface area contributed by atoms with Crippen molar-refractivity contribution in [2.24, 2.45) is 0 Å². The fraction of sp³-hybridized carbons (Fsp3) is 0.0164. The summed E-state index contributed by atoms with van der Waals surface area (Å²) in [4.78, 5) is 2.41. The molecule has 0 radical (unpaired) electrons. The van der Waals surface area contributed by atoms with Gasteiger partial charge in [0, 0.05) is 22.1 Å². The minimum atomic E-state index is -0.500. The van der Waals surface area contributed by atoms with Crippen LogP contribution in [0.25, 0.3) is 76.5 Å². The van der Waals surface area contributed by atoms with Crippen molar-refractivity contribution in [1.82, 2.24) is 0 Å². The third-order valence-electron chi connectivity index (χ3n) is 13.5. The number of hydrogen-bond donors (Lipinski definition) is 0. The number of anilines is 3. The normalized spacial score (nSPS) is 12.9. The molecule has 0 aliphatic heterocycles. The monoisotopic (exact) mass is 801 g/mol. The van der Waals surface area contributed by atoms with E-state index in [1.165, 1.54) is 66.1 Å². The molecule has 1 heterocycles. The third kappa shape index (κ3) is 5.25. The van der Waals surface area contributed by atoms with E-state index in [1.54, 1.807) is 0 Å². The molecular formula is C61H39NO. The Morgan fingerprint density at radius 3 is 1.57 bits per heavy atom. The van der Waals surface area contributed by atoms with Gasteiger partial charge in [0.1, 0.15) is 11.2 Å². The van der Waals surface area contributed by atoms with Gasteiger partial charge < -0.3 is 9.32 Å². The van der Waals surface area contributed by atoms with Gasteiger partial charge >= 0.3 is 0 Å². The Kier molecular flexibility index (Phi) is 7.85. The molecule has 2 nitrogen and oxygen atoms in total. The third-order valence-corrected chi connectivity index (χ3v) is 13.5. The first kappa shape index (κ1) is 35.5. The average molecular weight is 802 g/mol. The van der Waals surface area contributed by atoms with Crippen molar-refractivity contribution in [2.45, 2.75) is 5.41 Å². The summed E-state index contributed by atoms with van der Waals surface area (Å²) in [6, 6.07) is 86.6. The molecule has 63 heavy (non-hydrogen) atoms. The molecule has 294 valence electrons. The van der Waals surface area contributed by atoms with Gasteiger partial charge in [-0.1, -0.05) is 194 Å². The van der Waals surface area contributed by atoms with Gasteiger partial charge in [0.2, 0.25) is 0 Å². The van der Waals surface area contributed by atoms with Gasteiger partial charge in [0.15, 0.2) is 0 Å². The second-order valence-corrected chi connectivity index (χ2v) is 16.8. The van der Waals surface area contributed by atoms with Crippen molar-refractivity contribution in [3.63, 3.8) is 0 Å². The summed E-state index contributed by atoms with van der Waals surface area (Å²) in [7, 11) is 0. The molecule has 0 saturated carbocycles. The molecule has 11 aromatic carbocycles. The molecule has 0 N–H and O–H groups in total. The molecule has 0 amide bonds. The SMILES string of the molecule is c1ccc(C2(c3ccccc3)c3ccccc3-c3c(-c4cc5c(oc6cccc(N(c7ccc8ccccc8c7)c7ccc8ccccc8c7)c65)c5ccccc45)cccc32)cc1. The first-order chi connectivity index (χ1) is 31.3. The molecule has 1 aromatic heterocycles. The lowest BCUT2D eigenvalue weighted by molar-refractivity contribution is 0.672. The molecule has 0 unspecified atom stereocenters. The molecule has 1 aliphatic rings. The van der Waals surface area contributed by atoms with Crippen LogP contribution >= 0.6 is 0 Å². The van der Waals surface area contributed by atoms with Crippen molar-refractivity contribution >= 4 is 71.3 Å². The lowest BCUT2D eigenvalue weighted by Crippen LogP contribution is -2.28. The minimum absolute atomic E-state index is 0.500. The molecule has 12 aromatic rings. The van der Waals surface area contributed by atoms with E-state index in [2.05, 4.69) is 241 Å². The van der Waals surface area contributed by atoms with E-state index in [0.29, 0.717) is 0 Å². The number of furan rings is 1. The maximum absolute atomic E-state index is 7.03. The summed E-state index contributed by atoms with van der Waals surface area (Å²) in [5.74, 6) is 0. The van der Waals surface area contributed by atoms with Crippen LogP contribution in [0.5, 0.6) is 0 Å². The summed E-state index contributed by atoms with van der Waals surface area (Å²) in [5, 5.41) is 9.23. The van der Waals surface area contributed by atoms with Crippen molar-refractivity contribution in [3.05, 3.63) is 259 Å². The van der Waals surface area contributed by atoms with E-state index >= 15 is 0 Å². The lowest BCUT2D eigenvalue weighted by Gasteiger charge is -2.34. The second kappa shape index (κ2) is 13.9. The smallest absolute Gasteiger partial charge is 0.143 e. The Labute approximate surface area is 365 Å². The zero-order valence-corrected chi connectivity index (χ0v) is 34.4. The first-order valence-corrected chi connectivity index (χ1v) is 21.8. The summed E-state index contributed by atoms with van der Waals surface area (Å²) < 4.78 is 7.03. The van der Waals surface area contributed by atoms with Crippen LogP contribution in [-0.4, -0.2) is 0 Å². The molecule has 0 spiro atoms. The van der Waals surface area contributed by atoms with Crippen LogP contribution < -0.4 is 4.90 Å². The van der Waals surface area contributed by atoms with Gasteiger partial charge in [-0.2, -0.15) is 0 Å². The number of hydrogen-bond acceptors (Lipinski definition) is 2. The highest BCUT2D eigenvalue weighted by Crippen LogP contribution is 2.59. The average Bonchev–Trinajstić information content (AvgIpc) is 3.89. The summed E-state index contributed by atoms with van der Waals surface area (Å²) >= 11 is 0. The van der Waals surface area contributed by atoms with Crippen molar-refractivity contribution in [2.75, 3.05) is 4.90 Å².